The molecule has 0 radical (unpaired) electrons. The fourth-order valence-electron chi connectivity index (χ4n) is 3.13. The number of hydrogen-bond donors (Lipinski definition) is 1. The van der Waals surface area contributed by atoms with Crippen molar-refractivity contribution < 1.29 is 4.42 Å². The van der Waals surface area contributed by atoms with Gasteiger partial charge in [0.05, 0.1) is 17.7 Å². The van der Waals surface area contributed by atoms with E-state index in [9.17, 15) is 0 Å². The zero-order chi connectivity index (χ0) is 14.4. The first-order valence-electron chi connectivity index (χ1n) is 7.28. The van der Waals surface area contributed by atoms with Crippen molar-refractivity contribution in [2.75, 3.05) is 5.73 Å². The third kappa shape index (κ3) is 1.90. The minimum atomic E-state index is 0.395. The average molecular weight is 283 g/mol. The highest BCUT2D eigenvalue weighted by molar-refractivity contribution is 5.97. The first-order chi connectivity index (χ1) is 10.2. The van der Waals surface area contributed by atoms with E-state index >= 15 is 0 Å². The fraction of sp³-hybridized carbons (Fsp3) is 0.400. The van der Waals surface area contributed by atoms with Gasteiger partial charge in [0.25, 0.3) is 0 Å². The quantitative estimate of drug-likeness (QED) is 0.781. The lowest BCUT2D eigenvalue weighted by molar-refractivity contribution is 0.477. The summed E-state index contributed by atoms with van der Waals surface area (Å²) in [4.78, 5) is 8.52. The monoisotopic (exact) mass is 283 g/mol. The summed E-state index contributed by atoms with van der Waals surface area (Å²) < 4.78 is 7.61. The van der Waals surface area contributed by atoms with Gasteiger partial charge >= 0.3 is 0 Å². The Kier molecular flexibility index (Phi) is 2.70. The van der Waals surface area contributed by atoms with Crippen molar-refractivity contribution in [2.24, 2.45) is 0 Å². The van der Waals surface area contributed by atoms with Gasteiger partial charge in [-0.25, -0.2) is 14.6 Å². The van der Waals surface area contributed by atoms with Gasteiger partial charge in [-0.15, -0.1) is 0 Å². The van der Waals surface area contributed by atoms with Crippen LogP contribution < -0.4 is 5.73 Å². The molecule has 2 N–H and O–H groups in total. The molecule has 21 heavy (non-hydrogen) atoms. The zero-order valence-electron chi connectivity index (χ0n) is 11.9. The van der Waals surface area contributed by atoms with Gasteiger partial charge in [0.1, 0.15) is 17.8 Å². The number of nitrogen functional groups attached to an aromatic ring is 1. The normalized spacial score (nSPS) is 16.0. The Hall–Kier alpha value is -2.37. The minimum Gasteiger partial charge on any atom is -0.462 e. The molecule has 0 amide bonds. The standard InChI is InChI=1S/C15H17N5O/c1-9-6-11(21-7-9)13-12-14(16)17-8-18-15(12)20(19-13)10-4-2-3-5-10/h6-8,10H,2-5H2,1H3,(H2,16,17,18). The zero-order valence-corrected chi connectivity index (χ0v) is 11.9. The topological polar surface area (TPSA) is 82.8 Å². The highest BCUT2D eigenvalue weighted by Gasteiger charge is 2.25. The maximum atomic E-state index is 6.07. The molecule has 0 bridgehead atoms. The number of nitrogens with zero attached hydrogens (tertiary/aromatic N) is 4. The van der Waals surface area contributed by atoms with E-state index in [0.29, 0.717) is 11.9 Å². The van der Waals surface area contributed by atoms with Crippen LogP contribution in [0.25, 0.3) is 22.5 Å². The molecule has 3 heterocycles. The van der Waals surface area contributed by atoms with Gasteiger partial charge in [0, 0.05) is 0 Å². The van der Waals surface area contributed by atoms with Crippen molar-refractivity contribution in [3.63, 3.8) is 0 Å². The van der Waals surface area contributed by atoms with Crippen LogP contribution in [0, 0.1) is 6.92 Å². The molecule has 0 aliphatic heterocycles. The molecular weight excluding hydrogens is 266 g/mol. The van der Waals surface area contributed by atoms with Crippen LogP contribution in [0.15, 0.2) is 23.1 Å². The number of anilines is 1. The van der Waals surface area contributed by atoms with Gasteiger partial charge < -0.3 is 10.2 Å². The summed E-state index contributed by atoms with van der Waals surface area (Å²) in [5, 5.41) is 5.55. The summed E-state index contributed by atoms with van der Waals surface area (Å²) in [7, 11) is 0. The summed E-state index contributed by atoms with van der Waals surface area (Å²) in [5.74, 6) is 1.17. The van der Waals surface area contributed by atoms with E-state index in [-0.39, 0.29) is 0 Å². The number of fused-ring (bicyclic) bond motifs is 1. The van der Waals surface area contributed by atoms with Crippen LogP contribution in [0.5, 0.6) is 0 Å². The second kappa shape index (κ2) is 4.58. The highest BCUT2D eigenvalue weighted by Crippen LogP contribution is 2.36. The lowest BCUT2D eigenvalue weighted by atomic mass is 10.2. The van der Waals surface area contributed by atoms with E-state index in [1.165, 1.54) is 19.2 Å². The van der Waals surface area contributed by atoms with Gasteiger partial charge in [0.15, 0.2) is 11.4 Å². The molecule has 6 heteroatoms. The Morgan fingerprint density at radius 1 is 1.29 bits per heavy atom. The summed E-state index contributed by atoms with van der Waals surface area (Å²) in [5.41, 5.74) is 8.67. The van der Waals surface area contributed by atoms with E-state index in [1.807, 2.05) is 17.7 Å². The molecule has 0 unspecified atom stereocenters. The summed E-state index contributed by atoms with van der Waals surface area (Å²) in [6.07, 6.45) is 7.97. The van der Waals surface area contributed by atoms with Crippen LogP contribution in [0.1, 0.15) is 37.3 Å². The molecule has 1 aliphatic rings. The Morgan fingerprint density at radius 3 is 2.81 bits per heavy atom. The molecule has 3 aromatic rings. The molecule has 1 aliphatic carbocycles. The van der Waals surface area contributed by atoms with Crippen molar-refractivity contribution in [2.45, 2.75) is 38.6 Å². The number of furan rings is 1. The Morgan fingerprint density at radius 2 is 2.10 bits per heavy atom. The van der Waals surface area contributed by atoms with Crippen LogP contribution in [0.3, 0.4) is 0 Å². The third-order valence-corrected chi connectivity index (χ3v) is 4.15. The molecule has 1 saturated carbocycles. The second-order valence-electron chi connectivity index (χ2n) is 5.68. The van der Waals surface area contributed by atoms with Crippen LogP contribution >= 0.6 is 0 Å². The average Bonchev–Trinajstić information content (AvgIpc) is 3.16. The van der Waals surface area contributed by atoms with Gasteiger partial charge in [-0.3, -0.25) is 0 Å². The number of aromatic nitrogens is 4. The minimum absolute atomic E-state index is 0.395. The highest BCUT2D eigenvalue weighted by atomic mass is 16.3. The number of hydrogen-bond acceptors (Lipinski definition) is 5. The molecule has 4 rings (SSSR count). The van der Waals surface area contributed by atoms with Crippen molar-refractivity contribution in [1.82, 2.24) is 19.7 Å². The predicted octanol–water partition coefficient (Wildman–Crippen LogP) is 3.09. The third-order valence-electron chi connectivity index (χ3n) is 4.15. The SMILES string of the molecule is Cc1coc(-c2nn(C3CCCC3)c3ncnc(N)c23)c1. The van der Waals surface area contributed by atoms with E-state index < -0.39 is 0 Å². The number of rotatable bonds is 2. The van der Waals surface area contributed by atoms with Crippen LogP contribution in [0.4, 0.5) is 5.82 Å². The van der Waals surface area contributed by atoms with Gasteiger partial charge in [-0.2, -0.15) is 5.10 Å². The summed E-state index contributed by atoms with van der Waals surface area (Å²) in [6.45, 7) is 1.99. The van der Waals surface area contributed by atoms with E-state index in [1.54, 1.807) is 6.26 Å². The number of aryl methyl sites for hydroxylation is 1. The lowest BCUT2D eigenvalue weighted by Gasteiger charge is -2.09. The van der Waals surface area contributed by atoms with Crippen molar-refractivity contribution in [3.05, 3.63) is 24.2 Å². The molecule has 0 atom stereocenters. The summed E-state index contributed by atoms with van der Waals surface area (Å²) >= 11 is 0. The maximum absolute atomic E-state index is 6.07. The van der Waals surface area contributed by atoms with E-state index in [0.717, 1.165) is 40.9 Å². The predicted molar refractivity (Wildman–Crippen MR) is 79.7 cm³/mol. The first-order valence-corrected chi connectivity index (χ1v) is 7.28. The fourth-order valence-corrected chi connectivity index (χ4v) is 3.13. The molecular formula is C15H17N5O. The van der Waals surface area contributed by atoms with Crippen molar-refractivity contribution in [1.29, 1.82) is 0 Å². The lowest BCUT2D eigenvalue weighted by Crippen LogP contribution is -2.07. The molecule has 6 nitrogen and oxygen atoms in total. The first kappa shape index (κ1) is 12.4. The van der Waals surface area contributed by atoms with Crippen LogP contribution in [-0.2, 0) is 0 Å². The van der Waals surface area contributed by atoms with E-state index in [2.05, 4.69) is 9.97 Å². The molecule has 0 saturated heterocycles. The van der Waals surface area contributed by atoms with Gasteiger partial charge in [-0.1, -0.05) is 12.8 Å². The Bertz CT molecular complexity index is 798. The van der Waals surface area contributed by atoms with Gasteiger partial charge in [-0.05, 0) is 31.4 Å². The molecule has 3 aromatic heterocycles. The number of nitrogens with two attached hydrogens (primary N) is 1. The van der Waals surface area contributed by atoms with Gasteiger partial charge in [0.2, 0.25) is 0 Å². The largest absolute Gasteiger partial charge is 0.462 e. The summed E-state index contributed by atoms with van der Waals surface area (Å²) in [6, 6.07) is 2.36. The second-order valence-corrected chi connectivity index (χ2v) is 5.68. The molecule has 1 fully saturated rings. The van der Waals surface area contributed by atoms with Crippen molar-refractivity contribution >= 4 is 16.9 Å². The maximum Gasteiger partial charge on any atom is 0.164 e. The smallest absolute Gasteiger partial charge is 0.164 e. The van der Waals surface area contributed by atoms with E-state index in [4.69, 9.17) is 15.2 Å². The molecule has 108 valence electrons. The van der Waals surface area contributed by atoms with Crippen molar-refractivity contribution in [3.8, 4) is 11.5 Å². The van der Waals surface area contributed by atoms with Crippen LogP contribution in [-0.4, -0.2) is 19.7 Å². The Balaban J connectivity index is 1.97. The Labute approximate surface area is 122 Å². The molecule has 0 aromatic carbocycles. The van der Waals surface area contributed by atoms with Crippen LogP contribution in [0.2, 0.25) is 0 Å². The molecule has 0 spiro atoms.